The van der Waals surface area contributed by atoms with Crippen molar-refractivity contribution in [3.05, 3.63) is 69.7 Å². The van der Waals surface area contributed by atoms with E-state index in [2.05, 4.69) is 5.32 Å². The molecule has 2 aromatic carbocycles. The highest BCUT2D eigenvalue weighted by Gasteiger charge is 2.52. The maximum atomic E-state index is 12.5. The second-order valence-electron chi connectivity index (χ2n) is 6.48. The first-order valence-electron chi connectivity index (χ1n) is 8.39. The van der Waals surface area contributed by atoms with Crippen molar-refractivity contribution in [2.24, 2.45) is 0 Å². The molecular formula is C20H19Cl2NO3. The first kappa shape index (κ1) is 18.7. The number of amides is 1. The van der Waals surface area contributed by atoms with E-state index in [1.165, 1.54) is 0 Å². The zero-order valence-electron chi connectivity index (χ0n) is 14.3. The molecule has 0 spiro atoms. The van der Waals surface area contributed by atoms with Gasteiger partial charge >= 0.3 is 5.97 Å². The highest BCUT2D eigenvalue weighted by atomic mass is 35.5. The van der Waals surface area contributed by atoms with Crippen molar-refractivity contribution in [2.75, 3.05) is 6.61 Å². The summed E-state index contributed by atoms with van der Waals surface area (Å²) < 4.78 is 5.27. The fourth-order valence-electron chi connectivity index (χ4n) is 2.96. The molecule has 0 aromatic heterocycles. The van der Waals surface area contributed by atoms with Crippen molar-refractivity contribution in [3.63, 3.8) is 0 Å². The molecule has 0 bridgehead atoms. The average Bonchev–Trinajstić information content (AvgIpc) is 3.42. The number of carbonyl (C=O) groups excluding carboxylic acids is 2. The van der Waals surface area contributed by atoms with Gasteiger partial charge in [-0.25, -0.2) is 0 Å². The highest BCUT2D eigenvalue weighted by molar-refractivity contribution is 6.31. The van der Waals surface area contributed by atoms with Gasteiger partial charge in [0.25, 0.3) is 5.91 Å². The predicted octanol–water partition coefficient (Wildman–Crippen LogP) is 4.45. The third kappa shape index (κ3) is 4.02. The normalized spacial score (nSPS) is 15.8. The second-order valence-corrected chi connectivity index (χ2v) is 7.32. The van der Waals surface area contributed by atoms with Gasteiger partial charge in [0.2, 0.25) is 0 Å². The number of esters is 1. The lowest BCUT2D eigenvalue weighted by Gasteiger charge is -2.17. The third-order valence-corrected chi connectivity index (χ3v) is 5.22. The van der Waals surface area contributed by atoms with E-state index in [1.807, 2.05) is 37.3 Å². The van der Waals surface area contributed by atoms with Crippen molar-refractivity contribution in [1.29, 1.82) is 0 Å². The summed E-state index contributed by atoms with van der Waals surface area (Å²) >= 11 is 12.0. The van der Waals surface area contributed by atoms with Crippen LogP contribution < -0.4 is 5.32 Å². The van der Waals surface area contributed by atoms with E-state index in [0.29, 0.717) is 22.9 Å². The van der Waals surface area contributed by atoms with Crippen LogP contribution in [0.1, 0.15) is 36.9 Å². The van der Waals surface area contributed by atoms with Crippen LogP contribution in [0.2, 0.25) is 10.0 Å². The largest absolute Gasteiger partial charge is 0.455 e. The molecule has 0 unspecified atom stereocenters. The molecule has 0 radical (unpaired) electrons. The maximum absolute atomic E-state index is 12.5. The summed E-state index contributed by atoms with van der Waals surface area (Å²) in [4.78, 5) is 24.6. The van der Waals surface area contributed by atoms with Gasteiger partial charge in [0.15, 0.2) is 6.61 Å². The molecule has 1 saturated carbocycles. The Morgan fingerprint density at radius 3 is 2.38 bits per heavy atom. The quantitative estimate of drug-likeness (QED) is 0.740. The number of carbonyl (C=O) groups is 2. The summed E-state index contributed by atoms with van der Waals surface area (Å²) in [6.07, 6.45) is 1.43. The molecule has 136 valence electrons. The first-order valence-corrected chi connectivity index (χ1v) is 9.15. The van der Waals surface area contributed by atoms with Gasteiger partial charge in [0.1, 0.15) is 0 Å². The van der Waals surface area contributed by atoms with Crippen LogP contribution in [0.15, 0.2) is 48.5 Å². The maximum Gasteiger partial charge on any atom is 0.317 e. The van der Waals surface area contributed by atoms with Crippen molar-refractivity contribution in [1.82, 2.24) is 5.32 Å². The van der Waals surface area contributed by atoms with Crippen LogP contribution in [0.25, 0.3) is 0 Å². The number of hydrogen-bond donors (Lipinski definition) is 1. The minimum absolute atomic E-state index is 0.277. The highest BCUT2D eigenvalue weighted by Crippen LogP contribution is 2.49. The fourth-order valence-corrected chi connectivity index (χ4v) is 3.39. The van der Waals surface area contributed by atoms with Gasteiger partial charge < -0.3 is 10.1 Å². The van der Waals surface area contributed by atoms with Crippen molar-refractivity contribution in [3.8, 4) is 0 Å². The molecule has 1 amide bonds. The summed E-state index contributed by atoms with van der Waals surface area (Å²) in [5, 5.41) is 3.99. The monoisotopic (exact) mass is 391 g/mol. The Labute approximate surface area is 162 Å². The van der Waals surface area contributed by atoms with Gasteiger partial charge in [0, 0.05) is 10.0 Å². The SMILES string of the molecule is C[C@@H](NC(=O)COC(=O)C1(c2ccc(Cl)cc2)CC1)c1ccccc1Cl. The second kappa shape index (κ2) is 7.68. The standard InChI is InChI=1S/C20H19Cl2NO3/c1-13(16-4-2-3-5-17(16)22)23-18(24)12-26-19(25)20(10-11-20)14-6-8-15(21)9-7-14/h2-9,13H,10-12H2,1H3,(H,23,24)/t13-/m1/s1. The van der Waals surface area contributed by atoms with Crippen molar-refractivity contribution < 1.29 is 14.3 Å². The van der Waals surface area contributed by atoms with E-state index in [-0.39, 0.29) is 24.5 Å². The minimum Gasteiger partial charge on any atom is -0.455 e. The molecule has 6 heteroatoms. The van der Waals surface area contributed by atoms with E-state index < -0.39 is 5.41 Å². The molecular weight excluding hydrogens is 373 g/mol. The minimum atomic E-state index is -0.640. The van der Waals surface area contributed by atoms with Crippen molar-refractivity contribution >= 4 is 35.1 Å². The summed E-state index contributed by atoms with van der Waals surface area (Å²) in [5.74, 6) is -0.738. The molecule has 1 aliphatic carbocycles. The van der Waals surface area contributed by atoms with E-state index >= 15 is 0 Å². The summed E-state index contributed by atoms with van der Waals surface area (Å²) in [7, 11) is 0. The van der Waals surface area contributed by atoms with Gasteiger partial charge in [0.05, 0.1) is 11.5 Å². The smallest absolute Gasteiger partial charge is 0.317 e. The number of ether oxygens (including phenoxy) is 1. The molecule has 3 rings (SSSR count). The number of rotatable bonds is 6. The average molecular weight is 392 g/mol. The molecule has 2 aromatic rings. The molecule has 1 N–H and O–H groups in total. The Balaban J connectivity index is 1.55. The Hall–Kier alpha value is -2.04. The molecule has 0 aliphatic heterocycles. The van der Waals surface area contributed by atoms with Crippen LogP contribution in [0.3, 0.4) is 0 Å². The number of halogens is 2. The Morgan fingerprint density at radius 1 is 1.12 bits per heavy atom. The van der Waals surface area contributed by atoms with Gasteiger partial charge in [-0.1, -0.05) is 53.5 Å². The van der Waals surface area contributed by atoms with Gasteiger partial charge in [-0.2, -0.15) is 0 Å². The lowest BCUT2D eigenvalue weighted by molar-refractivity contribution is -0.151. The Bertz CT molecular complexity index is 816. The van der Waals surface area contributed by atoms with E-state index in [1.54, 1.807) is 18.2 Å². The third-order valence-electron chi connectivity index (χ3n) is 4.62. The number of benzene rings is 2. The van der Waals surface area contributed by atoms with E-state index in [4.69, 9.17) is 27.9 Å². The lowest BCUT2D eigenvalue weighted by atomic mass is 9.96. The van der Waals surface area contributed by atoms with E-state index in [9.17, 15) is 9.59 Å². The molecule has 1 atom stereocenters. The molecule has 4 nitrogen and oxygen atoms in total. The number of nitrogens with one attached hydrogen (secondary N) is 1. The zero-order chi connectivity index (χ0) is 18.7. The molecule has 0 heterocycles. The lowest BCUT2D eigenvalue weighted by Crippen LogP contribution is -2.33. The van der Waals surface area contributed by atoms with Crippen LogP contribution >= 0.6 is 23.2 Å². The van der Waals surface area contributed by atoms with Crippen LogP contribution in [0.5, 0.6) is 0 Å². The van der Waals surface area contributed by atoms with Crippen molar-refractivity contribution in [2.45, 2.75) is 31.2 Å². The molecule has 1 fully saturated rings. The van der Waals surface area contributed by atoms with E-state index in [0.717, 1.165) is 11.1 Å². The number of hydrogen-bond acceptors (Lipinski definition) is 3. The first-order chi connectivity index (χ1) is 12.4. The summed E-state index contributed by atoms with van der Waals surface area (Å²) in [6, 6.07) is 14.2. The van der Waals surface area contributed by atoms with Gasteiger partial charge in [-0.3, -0.25) is 9.59 Å². The van der Waals surface area contributed by atoms with Crippen LogP contribution in [0, 0.1) is 0 Å². The Kier molecular flexibility index (Phi) is 5.54. The topological polar surface area (TPSA) is 55.4 Å². The van der Waals surface area contributed by atoms with Crippen LogP contribution in [0.4, 0.5) is 0 Å². The zero-order valence-corrected chi connectivity index (χ0v) is 15.8. The molecule has 0 saturated heterocycles. The molecule has 1 aliphatic rings. The molecule has 26 heavy (non-hydrogen) atoms. The summed E-state index contributed by atoms with van der Waals surface area (Å²) in [6.45, 7) is 1.51. The fraction of sp³-hybridized carbons (Fsp3) is 0.300. The van der Waals surface area contributed by atoms with Crippen LogP contribution in [-0.2, 0) is 19.7 Å². The van der Waals surface area contributed by atoms with Gasteiger partial charge in [-0.05, 0) is 49.1 Å². The summed E-state index contributed by atoms with van der Waals surface area (Å²) in [5.41, 5.74) is 1.05. The predicted molar refractivity (Wildman–Crippen MR) is 101 cm³/mol. The van der Waals surface area contributed by atoms with Crippen LogP contribution in [-0.4, -0.2) is 18.5 Å². The van der Waals surface area contributed by atoms with Gasteiger partial charge in [-0.15, -0.1) is 0 Å². The Morgan fingerprint density at radius 2 is 1.77 bits per heavy atom.